The first-order chi connectivity index (χ1) is 9.51. The van der Waals surface area contributed by atoms with Crippen LogP contribution in [0.5, 0.6) is 0 Å². The average molecular weight is 295 g/mol. The third-order valence-corrected chi connectivity index (χ3v) is 4.88. The number of hydrogen-bond acceptors (Lipinski definition) is 2. The van der Waals surface area contributed by atoms with E-state index < -0.39 is 0 Å². The number of hydrogen-bond donors (Lipinski definition) is 0. The molecule has 2 heterocycles. The zero-order valence-corrected chi connectivity index (χ0v) is 13.5. The normalized spacial score (nSPS) is 18.6. The van der Waals surface area contributed by atoms with Crippen molar-refractivity contribution in [1.82, 2.24) is 19.3 Å². The van der Waals surface area contributed by atoms with Gasteiger partial charge < -0.3 is 4.57 Å². The van der Waals surface area contributed by atoms with Gasteiger partial charge in [-0.2, -0.15) is 5.10 Å². The third-order valence-electron chi connectivity index (χ3n) is 4.68. The van der Waals surface area contributed by atoms with E-state index in [1.165, 1.54) is 19.3 Å². The fourth-order valence-electron chi connectivity index (χ4n) is 3.06. The number of aryl methyl sites for hydroxylation is 2. The lowest BCUT2D eigenvalue weighted by Crippen LogP contribution is -2.16. The predicted molar refractivity (Wildman–Crippen MR) is 82.2 cm³/mol. The Morgan fingerprint density at radius 2 is 2.05 bits per heavy atom. The summed E-state index contributed by atoms with van der Waals surface area (Å²) < 4.78 is 4.39. The molecule has 5 heteroatoms. The summed E-state index contributed by atoms with van der Waals surface area (Å²) in [5.41, 5.74) is 3.62. The molecule has 110 valence electrons. The minimum absolute atomic E-state index is 0.0697. The summed E-state index contributed by atoms with van der Waals surface area (Å²) in [6.07, 6.45) is 3.86. The van der Waals surface area contributed by atoms with Gasteiger partial charge in [0.05, 0.1) is 11.1 Å². The molecule has 1 aliphatic rings. The van der Waals surface area contributed by atoms with Crippen molar-refractivity contribution >= 4 is 22.8 Å². The predicted octanol–water partition coefficient (Wildman–Crippen LogP) is 4.05. The summed E-state index contributed by atoms with van der Waals surface area (Å²) in [5, 5.41) is 4.53. The maximum Gasteiger partial charge on any atom is 0.158 e. The van der Waals surface area contributed by atoms with Crippen LogP contribution in [0, 0.1) is 12.3 Å². The second kappa shape index (κ2) is 4.76. The van der Waals surface area contributed by atoms with Gasteiger partial charge in [0.1, 0.15) is 11.3 Å². The number of nitrogens with zero attached hydrogens (tertiary/aromatic N) is 4. The van der Waals surface area contributed by atoms with Crippen LogP contribution in [0.4, 0.5) is 0 Å². The third kappa shape index (κ3) is 2.05. The first-order valence-corrected chi connectivity index (χ1v) is 8.02. The van der Waals surface area contributed by atoms with E-state index in [0.29, 0.717) is 5.41 Å². The van der Waals surface area contributed by atoms with Gasteiger partial charge in [-0.3, -0.25) is 0 Å². The molecule has 0 bridgehead atoms. The highest BCUT2D eigenvalue weighted by Gasteiger charge is 2.42. The molecule has 0 N–H and O–H groups in total. The summed E-state index contributed by atoms with van der Waals surface area (Å²) in [5.74, 6) is 0.990. The highest BCUT2D eigenvalue weighted by Crippen LogP contribution is 2.50. The zero-order valence-electron chi connectivity index (χ0n) is 12.8. The molecule has 0 saturated heterocycles. The zero-order chi connectivity index (χ0) is 14.5. The molecule has 1 unspecified atom stereocenters. The van der Waals surface area contributed by atoms with E-state index in [-0.39, 0.29) is 5.38 Å². The lowest BCUT2D eigenvalue weighted by Gasteiger charge is -2.17. The van der Waals surface area contributed by atoms with Crippen LogP contribution in [0.1, 0.15) is 56.9 Å². The molecule has 3 rings (SSSR count). The number of rotatable bonds is 5. The van der Waals surface area contributed by atoms with Gasteiger partial charge in [-0.15, -0.1) is 11.6 Å². The lowest BCUT2D eigenvalue weighted by atomic mass is 10.0. The average Bonchev–Trinajstić information content (AvgIpc) is 2.98. The number of aromatic nitrogens is 4. The maximum absolute atomic E-state index is 6.36. The molecular weight excluding hydrogens is 272 g/mol. The second-order valence-corrected chi connectivity index (χ2v) is 6.75. The number of fused-ring (bicyclic) bond motifs is 1. The van der Waals surface area contributed by atoms with Gasteiger partial charge in [-0.25, -0.2) is 9.67 Å². The Labute approximate surface area is 125 Å². The number of halogens is 1. The molecule has 20 heavy (non-hydrogen) atoms. The van der Waals surface area contributed by atoms with Gasteiger partial charge in [-0.1, -0.05) is 6.92 Å². The van der Waals surface area contributed by atoms with Gasteiger partial charge in [-0.05, 0) is 45.4 Å². The monoisotopic (exact) mass is 294 g/mol. The van der Waals surface area contributed by atoms with Crippen LogP contribution in [0.2, 0.25) is 0 Å². The van der Waals surface area contributed by atoms with Gasteiger partial charge in [0.25, 0.3) is 0 Å². The quantitative estimate of drug-likeness (QED) is 0.780. The van der Waals surface area contributed by atoms with Crippen molar-refractivity contribution < 1.29 is 0 Å². The van der Waals surface area contributed by atoms with Crippen molar-refractivity contribution in [2.75, 3.05) is 0 Å². The van der Waals surface area contributed by atoms with Crippen LogP contribution in [-0.2, 0) is 13.1 Å². The summed E-state index contributed by atoms with van der Waals surface area (Å²) >= 11 is 6.36. The second-order valence-electron chi connectivity index (χ2n) is 6.10. The smallest absolute Gasteiger partial charge is 0.158 e. The molecule has 1 aliphatic carbocycles. The maximum atomic E-state index is 6.36. The topological polar surface area (TPSA) is 35.6 Å². The minimum atomic E-state index is -0.0697. The highest BCUT2D eigenvalue weighted by molar-refractivity contribution is 6.20. The van der Waals surface area contributed by atoms with E-state index in [0.717, 1.165) is 35.8 Å². The van der Waals surface area contributed by atoms with Crippen LogP contribution in [0.15, 0.2) is 0 Å². The molecular formula is C15H23ClN4. The first kappa shape index (κ1) is 13.9. The fourth-order valence-corrected chi connectivity index (χ4v) is 3.22. The summed E-state index contributed by atoms with van der Waals surface area (Å²) in [4.78, 5) is 4.77. The van der Waals surface area contributed by atoms with Crippen molar-refractivity contribution in [2.24, 2.45) is 5.41 Å². The van der Waals surface area contributed by atoms with E-state index in [1.54, 1.807) is 0 Å². The van der Waals surface area contributed by atoms with Crippen molar-refractivity contribution in [3.05, 3.63) is 11.5 Å². The molecule has 1 fully saturated rings. The molecule has 2 aromatic heterocycles. The standard InChI is InChI=1S/C15H23ClN4/c1-5-15(7-8-15)9-19-13(10(3)16)17-12-11(4)18-20(6-2)14(12)19/h10H,5-9H2,1-4H3. The number of alkyl halides is 1. The summed E-state index contributed by atoms with van der Waals surface area (Å²) in [7, 11) is 0. The molecule has 4 nitrogen and oxygen atoms in total. The van der Waals surface area contributed by atoms with E-state index in [4.69, 9.17) is 16.6 Å². The molecule has 1 atom stereocenters. The lowest BCUT2D eigenvalue weighted by molar-refractivity contribution is 0.402. The largest absolute Gasteiger partial charge is 0.311 e. The van der Waals surface area contributed by atoms with Crippen molar-refractivity contribution in [2.45, 2.75) is 65.4 Å². The fraction of sp³-hybridized carbons (Fsp3) is 0.733. The van der Waals surface area contributed by atoms with E-state index in [2.05, 4.69) is 28.2 Å². The van der Waals surface area contributed by atoms with Crippen molar-refractivity contribution in [1.29, 1.82) is 0 Å². The molecule has 0 amide bonds. The van der Waals surface area contributed by atoms with Gasteiger partial charge in [0, 0.05) is 13.1 Å². The van der Waals surface area contributed by atoms with Crippen LogP contribution < -0.4 is 0 Å². The Hall–Kier alpha value is -1.03. The molecule has 0 aromatic carbocycles. The van der Waals surface area contributed by atoms with Crippen LogP contribution in [0.25, 0.3) is 11.2 Å². The van der Waals surface area contributed by atoms with Crippen LogP contribution in [-0.4, -0.2) is 19.3 Å². The van der Waals surface area contributed by atoms with E-state index >= 15 is 0 Å². The van der Waals surface area contributed by atoms with E-state index in [9.17, 15) is 0 Å². The summed E-state index contributed by atoms with van der Waals surface area (Å²) in [6.45, 7) is 10.3. The number of imidazole rings is 1. The molecule has 0 radical (unpaired) electrons. The molecule has 1 saturated carbocycles. The van der Waals surface area contributed by atoms with Crippen molar-refractivity contribution in [3.8, 4) is 0 Å². The van der Waals surface area contributed by atoms with Crippen molar-refractivity contribution in [3.63, 3.8) is 0 Å². The molecule has 0 aliphatic heterocycles. The van der Waals surface area contributed by atoms with Crippen LogP contribution >= 0.6 is 11.6 Å². The first-order valence-electron chi connectivity index (χ1n) is 7.59. The Kier molecular flexibility index (Phi) is 3.32. The molecule has 0 spiro atoms. The van der Waals surface area contributed by atoms with Gasteiger partial charge in [0.2, 0.25) is 0 Å². The van der Waals surface area contributed by atoms with E-state index in [1.807, 2.05) is 13.8 Å². The minimum Gasteiger partial charge on any atom is -0.311 e. The van der Waals surface area contributed by atoms with Gasteiger partial charge >= 0.3 is 0 Å². The SMILES string of the molecule is CCn1nc(C)c2nc(C(C)Cl)n(CC3(CC)CC3)c21. The highest BCUT2D eigenvalue weighted by atomic mass is 35.5. The summed E-state index contributed by atoms with van der Waals surface area (Å²) in [6, 6.07) is 0. The Balaban J connectivity index is 2.17. The molecule has 2 aromatic rings. The Morgan fingerprint density at radius 3 is 2.55 bits per heavy atom. The Morgan fingerprint density at radius 1 is 1.35 bits per heavy atom. The Bertz CT molecular complexity index is 634. The van der Waals surface area contributed by atoms with Crippen LogP contribution in [0.3, 0.4) is 0 Å². The van der Waals surface area contributed by atoms with Gasteiger partial charge in [0.15, 0.2) is 5.65 Å².